The number of amides is 1. The molecule has 0 unspecified atom stereocenters. The lowest BCUT2D eigenvalue weighted by atomic mass is 10.2. The van der Waals surface area contributed by atoms with Gasteiger partial charge in [0.05, 0.1) is 16.5 Å². The van der Waals surface area contributed by atoms with Gasteiger partial charge in [-0.05, 0) is 42.5 Å². The standard InChI is InChI=1S/C15H12ClN3O4S/c16-12-2-1-3-14(8-12)24(21,22)19-18-15(20)10-23-13-6-4-11(9-17)5-7-13/h1-8,19H,10H2,(H,18,20). The highest BCUT2D eigenvalue weighted by molar-refractivity contribution is 7.89. The number of sulfonamides is 1. The molecule has 0 fully saturated rings. The average molecular weight is 366 g/mol. The molecule has 124 valence electrons. The van der Waals surface area contributed by atoms with Gasteiger partial charge in [0.15, 0.2) is 6.61 Å². The molecule has 0 radical (unpaired) electrons. The van der Waals surface area contributed by atoms with Gasteiger partial charge in [-0.2, -0.15) is 5.26 Å². The summed E-state index contributed by atoms with van der Waals surface area (Å²) in [4.78, 5) is 13.5. The maximum atomic E-state index is 12.0. The second-order valence-corrected chi connectivity index (χ2v) is 6.65. The van der Waals surface area contributed by atoms with Gasteiger partial charge < -0.3 is 4.74 Å². The number of ether oxygens (including phenoxy) is 1. The van der Waals surface area contributed by atoms with Crippen LogP contribution in [0.4, 0.5) is 0 Å². The molecule has 24 heavy (non-hydrogen) atoms. The van der Waals surface area contributed by atoms with E-state index in [0.717, 1.165) is 0 Å². The maximum Gasteiger partial charge on any atom is 0.272 e. The van der Waals surface area contributed by atoms with Crippen LogP contribution in [-0.2, 0) is 14.8 Å². The van der Waals surface area contributed by atoms with Gasteiger partial charge in [0.2, 0.25) is 0 Å². The molecular formula is C15H12ClN3O4S. The van der Waals surface area contributed by atoms with Crippen LogP contribution in [0.1, 0.15) is 5.56 Å². The van der Waals surface area contributed by atoms with Crippen molar-refractivity contribution in [1.29, 1.82) is 5.26 Å². The van der Waals surface area contributed by atoms with Crippen molar-refractivity contribution in [2.75, 3.05) is 6.61 Å². The lowest BCUT2D eigenvalue weighted by Crippen LogP contribution is -2.43. The molecule has 2 aromatic carbocycles. The van der Waals surface area contributed by atoms with Crippen LogP contribution in [0.15, 0.2) is 53.4 Å². The predicted octanol–water partition coefficient (Wildman–Crippen LogP) is 1.60. The summed E-state index contributed by atoms with van der Waals surface area (Å²) in [5.41, 5.74) is 2.50. The Kier molecular flexibility index (Phi) is 5.76. The third-order valence-electron chi connectivity index (χ3n) is 2.78. The summed E-state index contributed by atoms with van der Waals surface area (Å²) < 4.78 is 29.1. The topological polar surface area (TPSA) is 108 Å². The molecule has 2 aromatic rings. The molecule has 0 atom stereocenters. The lowest BCUT2D eigenvalue weighted by molar-refractivity contribution is -0.123. The van der Waals surface area contributed by atoms with E-state index in [1.165, 1.54) is 48.5 Å². The Morgan fingerprint density at radius 1 is 1.21 bits per heavy atom. The van der Waals surface area contributed by atoms with E-state index in [2.05, 4.69) is 0 Å². The van der Waals surface area contributed by atoms with Gasteiger partial charge >= 0.3 is 0 Å². The van der Waals surface area contributed by atoms with Gasteiger partial charge in [-0.1, -0.05) is 17.7 Å². The van der Waals surface area contributed by atoms with E-state index in [4.69, 9.17) is 21.6 Å². The van der Waals surface area contributed by atoms with Crippen molar-refractivity contribution >= 4 is 27.5 Å². The molecule has 0 bridgehead atoms. The Bertz CT molecular complexity index is 876. The van der Waals surface area contributed by atoms with Crippen molar-refractivity contribution in [3.63, 3.8) is 0 Å². The van der Waals surface area contributed by atoms with Gasteiger partial charge in [-0.15, -0.1) is 4.83 Å². The van der Waals surface area contributed by atoms with Gasteiger partial charge in [0.1, 0.15) is 5.75 Å². The van der Waals surface area contributed by atoms with Crippen molar-refractivity contribution in [1.82, 2.24) is 10.3 Å². The Labute approximate surface area is 143 Å². The van der Waals surface area contributed by atoms with Crippen molar-refractivity contribution in [2.45, 2.75) is 4.90 Å². The number of nitrogens with zero attached hydrogens (tertiary/aromatic N) is 1. The van der Waals surface area contributed by atoms with Gasteiger partial charge in [0.25, 0.3) is 15.9 Å². The molecule has 9 heteroatoms. The molecule has 0 saturated heterocycles. The molecule has 0 aromatic heterocycles. The van der Waals surface area contributed by atoms with Crippen LogP contribution in [0.3, 0.4) is 0 Å². The second kappa shape index (κ2) is 7.79. The van der Waals surface area contributed by atoms with E-state index in [9.17, 15) is 13.2 Å². The van der Waals surface area contributed by atoms with Crippen LogP contribution in [0.2, 0.25) is 5.02 Å². The van der Waals surface area contributed by atoms with Crippen molar-refractivity contribution < 1.29 is 17.9 Å². The monoisotopic (exact) mass is 365 g/mol. The van der Waals surface area contributed by atoms with Crippen LogP contribution < -0.4 is 15.0 Å². The first-order valence-electron chi connectivity index (χ1n) is 6.60. The highest BCUT2D eigenvalue weighted by atomic mass is 35.5. The second-order valence-electron chi connectivity index (χ2n) is 4.54. The number of nitriles is 1. The molecule has 0 aliphatic carbocycles. The van der Waals surface area contributed by atoms with Crippen molar-refractivity contribution in [3.8, 4) is 11.8 Å². The number of rotatable bonds is 6. The van der Waals surface area contributed by atoms with Gasteiger partial charge in [0, 0.05) is 5.02 Å². The minimum absolute atomic E-state index is 0.0803. The van der Waals surface area contributed by atoms with E-state index in [1.54, 1.807) is 0 Å². The molecule has 7 nitrogen and oxygen atoms in total. The summed E-state index contributed by atoms with van der Waals surface area (Å²) in [6.45, 7) is -0.399. The molecule has 0 spiro atoms. The number of carbonyl (C=O) groups is 1. The number of halogens is 1. The highest BCUT2D eigenvalue weighted by Gasteiger charge is 2.15. The molecular weight excluding hydrogens is 354 g/mol. The molecule has 1 amide bonds. The van der Waals surface area contributed by atoms with Crippen molar-refractivity contribution in [3.05, 3.63) is 59.1 Å². The zero-order valence-corrected chi connectivity index (χ0v) is 13.8. The summed E-state index contributed by atoms with van der Waals surface area (Å²) in [5, 5.41) is 8.93. The van der Waals surface area contributed by atoms with E-state index < -0.39 is 22.5 Å². The van der Waals surface area contributed by atoms with Crippen LogP contribution in [0, 0.1) is 11.3 Å². The Morgan fingerprint density at radius 3 is 2.54 bits per heavy atom. The normalized spacial score (nSPS) is 10.7. The quantitative estimate of drug-likeness (QED) is 0.756. The average Bonchev–Trinajstić information content (AvgIpc) is 2.58. The minimum atomic E-state index is -3.93. The van der Waals surface area contributed by atoms with Crippen LogP contribution >= 0.6 is 11.6 Å². The third kappa shape index (κ3) is 4.96. The number of hydrogen-bond donors (Lipinski definition) is 2. The Hall–Kier alpha value is -2.60. The number of hydrazine groups is 1. The van der Waals surface area contributed by atoms with Gasteiger partial charge in [-0.25, -0.2) is 8.42 Å². The number of carbonyl (C=O) groups excluding carboxylic acids is 1. The first kappa shape index (κ1) is 17.7. The fraction of sp³-hybridized carbons (Fsp3) is 0.0667. The minimum Gasteiger partial charge on any atom is -0.484 e. The zero-order chi connectivity index (χ0) is 17.6. The first-order chi connectivity index (χ1) is 11.4. The smallest absolute Gasteiger partial charge is 0.272 e. The molecule has 0 saturated carbocycles. The number of hydrogen-bond acceptors (Lipinski definition) is 5. The fourth-order valence-electron chi connectivity index (χ4n) is 1.63. The fourth-order valence-corrected chi connectivity index (χ4v) is 2.79. The highest BCUT2D eigenvalue weighted by Crippen LogP contribution is 2.14. The first-order valence-corrected chi connectivity index (χ1v) is 8.46. The van der Waals surface area contributed by atoms with Crippen LogP contribution in [0.25, 0.3) is 0 Å². The molecule has 2 rings (SSSR count). The maximum absolute atomic E-state index is 12.0. The summed E-state index contributed by atoms with van der Waals surface area (Å²) >= 11 is 5.73. The van der Waals surface area contributed by atoms with E-state index in [-0.39, 0.29) is 9.92 Å². The third-order valence-corrected chi connectivity index (χ3v) is 4.26. The van der Waals surface area contributed by atoms with Crippen molar-refractivity contribution in [2.24, 2.45) is 0 Å². The molecule has 0 aliphatic heterocycles. The van der Waals surface area contributed by atoms with E-state index in [1.807, 2.05) is 16.3 Å². The van der Waals surface area contributed by atoms with Crippen LogP contribution in [0.5, 0.6) is 5.75 Å². The summed E-state index contributed by atoms with van der Waals surface area (Å²) in [6.07, 6.45) is 0. The Balaban J connectivity index is 1.87. The zero-order valence-electron chi connectivity index (χ0n) is 12.2. The molecule has 2 N–H and O–H groups in total. The molecule has 0 heterocycles. The summed E-state index contributed by atoms with van der Waals surface area (Å²) in [5.74, 6) is -0.313. The summed E-state index contributed by atoms with van der Waals surface area (Å²) in [6, 6.07) is 13.7. The largest absolute Gasteiger partial charge is 0.484 e. The van der Waals surface area contributed by atoms with E-state index in [0.29, 0.717) is 11.3 Å². The van der Waals surface area contributed by atoms with Crippen LogP contribution in [-0.4, -0.2) is 20.9 Å². The lowest BCUT2D eigenvalue weighted by Gasteiger charge is -2.09. The molecule has 0 aliphatic rings. The Morgan fingerprint density at radius 2 is 1.92 bits per heavy atom. The van der Waals surface area contributed by atoms with Gasteiger partial charge in [-0.3, -0.25) is 10.2 Å². The summed E-state index contributed by atoms with van der Waals surface area (Å²) in [7, 11) is -3.93. The predicted molar refractivity (Wildman–Crippen MR) is 86.6 cm³/mol. The number of benzene rings is 2. The number of nitrogens with one attached hydrogen (secondary N) is 2. The SMILES string of the molecule is N#Cc1ccc(OCC(=O)NNS(=O)(=O)c2cccc(Cl)c2)cc1. The van der Waals surface area contributed by atoms with E-state index >= 15 is 0 Å².